The maximum atomic E-state index is 12.2. The molecule has 2 rings (SSSR count). The molecule has 0 amide bonds. The Kier molecular flexibility index (Phi) is 2.13. The van der Waals surface area contributed by atoms with E-state index in [2.05, 4.69) is 10.3 Å². The van der Waals surface area contributed by atoms with Gasteiger partial charge in [-0.1, -0.05) is 17.3 Å². The lowest BCUT2D eigenvalue weighted by atomic mass is 10.2. The second-order valence-electron chi connectivity index (χ2n) is 3.30. The second-order valence-corrected chi connectivity index (χ2v) is 3.30. The van der Waals surface area contributed by atoms with Crippen LogP contribution in [0.15, 0.2) is 18.2 Å². The van der Waals surface area contributed by atoms with Crippen LogP contribution in [0.1, 0.15) is 5.56 Å². The standard InChI is InChI=1S/C9H8F3N3/c1-6-3-2-4-7-8(6)13-14-15(7)5-9(10,11)12/h2-4H,5H2,1H3. The minimum Gasteiger partial charge on any atom is -0.235 e. The Hall–Kier alpha value is -1.59. The number of hydrogen-bond donors (Lipinski definition) is 0. The van der Waals surface area contributed by atoms with Gasteiger partial charge in [0.05, 0.1) is 5.52 Å². The van der Waals surface area contributed by atoms with Gasteiger partial charge in [-0.05, 0) is 18.6 Å². The lowest BCUT2D eigenvalue weighted by molar-refractivity contribution is -0.142. The molecule has 0 saturated heterocycles. The summed E-state index contributed by atoms with van der Waals surface area (Å²) < 4.78 is 37.3. The van der Waals surface area contributed by atoms with Crippen LogP contribution >= 0.6 is 0 Å². The van der Waals surface area contributed by atoms with Gasteiger partial charge in [0.25, 0.3) is 0 Å². The van der Waals surface area contributed by atoms with Crippen molar-refractivity contribution < 1.29 is 13.2 Å². The average molecular weight is 215 g/mol. The van der Waals surface area contributed by atoms with Crippen LogP contribution in [-0.2, 0) is 6.54 Å². The summed E-state index contributed by atoms with van der Waals surface area (Å²) in [4.78, 5) is 0. The number of aromatic nitrogens is 3. The Balaban J connectivity index is 2.50. The highest BCUT2D eigenvalue weighted by Crippen LogP contribution is 2.21. The van der Waals surface area contributed by atoms with E-state index in [1.807, 2.05) is 0 Å². The molecule has 0 fully saturated rings. The first-order chi connectivity index (χ1) is 6.97. The van der Waals surface area contributed by atoms with E-state index in [0.29, 0.717) is 11.0 Å². The highest BCUT2D eigenvalue weighted by Gasteiger charge is 2.29. The zero-order valence-corrected chi connectivity index (χ0v) is 7.91. The SMILES string of the molecule is Cc1cccc2c1nnn2CC(F)(F)F. The van der Waals surface area contributed by atoms with E-state index < -0.39 is 12.7 Å². The third-order valence-electron chi connectivity index (χ3n) is 2.08. The van der Waals surface area contributed by atoms with Crippen LogP contribution in [0.4, 0.5) is 13.2 Å². The fourth-order valence-corrected chi connectivity index (χ4v) is 1.42. The van der Waals surface area contributed by atoms with Crippen LogP contribution in [0.5, 0.6) is 0 Å². The fourth-order valence-electron chi connectivity index (χ4n) is 1.42. The summed E-state index contributed by atoms with van der Waals surface area (Å²) >= 11 is 0. The number of aryl methyl sites for hydroxylation is 1. The van der Waals surface area contributed by atoms with Crippen molar-refractivity contribution >= 4 is 11.0 Å². The Morgan fingerprint density at radius 2 is 2.07 bits per heavy atom. The molecule has 0 spiro atoms. The van der Waals surface area contributed by atoms with E-state index in [0.717, 1.165) is 10.2 Å². The minimum atomic E-state index is -4.27. The van der Waals surface area contributed by atoms with Crippen molar-refractivity contribution in [3.63, 3.8) is 0 Å². The van der Waals surface area contributed by atoms with Gasteiger partial charge in [-0.25, -0.2) is 4.68 Å². The molecule has 6 heteroatoms. The molecule has 0 aliphatic rings. The van der Waals surface area contributed by atoms with Crippen molar-refractivity contribution in [3.05, 3.63) is 23.8 Å². The molecular weight excluding hydrogens is 207 g/mol. The summed E-state index contributed by atoms with van der Waals surface area (Å²) in [5.41, 5.74) is 1.75. The molecule has 15 heavy (non-hydrogen) atoms. The number of fused-ring (bicyclic) bond motifs is 1. The van der Waals surface area contributed by atoms with Crippen molar-refractivity contribution in [1.82, 2.24) is 15.0 Å². The van der Waals surface area contributed by atoms with Gasteiger partial charge in [0.2, 0.25) is 0 Å². The molecule has 0 aliphatic carbocycles. The third kappa shape index (κ3) is 1.93. The quantitative estimate of drug-likeness (QED) is 0.730. The van der Waals surface area contributed by atoms with Gasteiger partial charge in [0, 0.05) is 0 Å². The van der Waals surface area contributed by atoms with Crippen LogP contribution in [0.2, 0.25) is 0 Å². The molecule has 0 atom stereocenters. The zero-order valence-electron chi connectivity index (χ0n) is 7.91. The normalized spacial score (nSPS) is 12.3. The molecule has 0 saturated carbocycles. The van der Waals surface area contributed by atoms with Gasteiger partial charge in [-0.15, -0.1) is 5.10 Å². The van der Waals surface area contributed by atoms with E-state index in [1.165, 1.54) is 0 Å². The molecule has 2 aromatic rings. The molecular formula is C9H8F3N3. The fraction of sp³-hybridized carbons (Fsp3) is 0.333. The van der Waals surface area contributed by atoms with Crippen LogP contribution < -0.4 is 0 Å². The maximum absolute atomic E-state index is 12.2. The van der Waals surface area contributed by atoms with Gasteiger partial charge < -0.3 is 0 Å². The first-order valence-electron chi connectivity index (χ1n) is 4.33. The second kappa shape index (κ2) is 3.22. The number of halogens is 3. The van der Waals surface area contributed by atoms with Gasteiger partial charge >= 0.3 is 6.18 Å². The summed E-state index contributed by atoms with van der Waals surface area (Å²) in [7, 11) is 0. The van der Waals surface area contributed by atoms with Crippen molar-refractivity contribution in [2.45, 2.75) is 19.6 Å². The molecule has 1 aromatic heterocycles. The highest BCUT2D eigenvalue weighted by atomic mass is 19.4. The van der Waals surface area contributed by atoms with Crippen LogP contribution in [0.3, 0.4) is 0 Å². The lowest BCUT2D eigenvalue weighted by Gasteiger charge is -2.06. The summed E-state index contributed by atoms with van der Waals surface area (Å²) in [6.07, 6.45) is -4.27. The molecule has 0 unspecified atom stereocenters. The van der Waals surface area contributed by atoms with Crippen molar-refractivity contribution in [2.24, 2.45) is 0 Å². The number of alkyl halides is 3. The topological polar surface area (TPSA) is 30.7 Å². The van der Waals surface area contributed by atoms with Gasteiger partial charge in [0.1, 0.15) is 12.1 Å². The largest absolute Gasteiger partial charge is 0.408 e. The smallest absolute Gasteiger partial charge is 0.235 e. The van der Waals surface area contributed by atoms with E-state index in [-0.39, 0.29) is 0 Å². The van der Waals surface area contributed by atoms with Gasteiger partial charge in [-0.2, -0.15) is 13.2 Å². The Morgan fingerprint density at radius 3 is 2.73 bits per heavy atom. The summed E-state index contributed by atoms with van der Waals surface area (Å²) in [6.45, 7) is 0.682. The Morgan fingerprint density at radius 1 is 1.33 bits per heavy atom. The maximum Gasteiger partial charge on any atom is 0.408 e. The van der Waals surface area contributed by atoms with Crippen LogP contribution in [0, 0.1) is 6.92 Å². The molecule has 0 radical (unpaired) electrons. The van der Waals surface area contributed by atoms with E-state index >= 15 is 0 Å². The Bertz CT molecular complexity index is 487. The number of nitrogens with zero attached hydrogens (tertiary/aromatic N) is 3. The summed E-state index contributed by atoms with van der Waals surface area (Å²) in [5.74, 6) is 0. The molecule has 1 aromatic carbocycles. The van der Waals surface area contributed by atoms with E-state index in [4.69, 9.17) is 0 Å². The monoisotopic (exact) mass is 215 g/mol. The lowest BCUT2D eigenvalue weighted by Crippen LogP contribution is -2.18. The average Bonchev–Trinajstić information content (AvgIpc) is 2.48. The molecule has 3 nitrogen and oxygen atoms in total. The number of rotatable bonds is 1. The minimum absolute atomic E-state index is 0.410. The molecule has 0 bridgehead atoms. The molecule has 0 aliphatic heterocycles. The number of hydrogen-bond acceptors (Lipinski definition) is 2. The van der Waals surface area contributed by atoms with Crippen LogP contribution in [0.25, 0.3) is 11.0 Å². The zero-order chi connectivity index (χ0) is 11.1. The number of benzene rings is 1. The third-order valence-corrected chi connectivity index (χ3v) is 2.08. The first kappa shape index (κ1) is 9.95. The predicted molar refractivity (Wildman–Crippen MR) is 48.3 cm³/mol. The van der Waals surface area contributed by atoms with Crippen molar-refractivity contribution in [3.8, 4) is 0 Å². The van der Waals surface area contributed by atoms with Crippen molar-refractivity contribution in [1.29, 1.82) is 0 Å². The molecule has 1 heterocycles. The van der Waals surface area contributed by atoms with E-state index in [9.17, 15) is 13.2 Å². The summed E-state index contributed by atoms with van der Waals surface area (Å²) in [5, 5.41) is 7.20. The predicted octanol–water partition coefficient (Wildman–Crippen LogP) is 2.30. The summed E-state index contributed by atoms with van der Waals surface area (Å²) in [6, 6.07) is 5.05. The molecule has 80 valence electrons. The highest BCUT2D eigenvalue weighted by molar-refractivity contribution is 5.77. The van der Waals surface area contributed by atoms with Gasteiger partial charge in [-0.3, -0.25) is 0 Å². The van der Waals surface area contributed by atoms with Crippen molar-refractivity contribution in [2.75, 3.05) is 0 Å². The van der Waals surface area contributed by atoms with E-state index in [1.54, 1.807) is 25.1 Å². The molecule has 0 N–H and O–H groups in total. The Labute approximate surface area is 83.5 Å². The van der Waals surface area contributed by atoms with Crippen LogP contribution in [-0.4, -0.2) is 21.2 Å². The van der Waals surface area contributed by atoms with Gasteiger partial charge in [0.15, 0.2) is 0 Å². The first-order valence-corrected chi connectivity index (χ1v) is 4.33.